The van der Waals surface area contributed by atoms with Gasteiger partial charge in [-0.3, -0.25) is 9.59 Å². The van der Waals surface area contributed by atoms with Crippen molar-refractivity contribution in [1.29, 1.82) is 0 Å². The van der Waals surface area contributed by atoms with Crippen molar-refractivity contribution >= 4 is 17.5 Å². The number of alkyl halides is 3. The quantitative estimate of drug-likeness (QED) is 0.782. The molecule has 1 aromatic carbocycles. The van der Waals surface area contributed by atoms with E-state index in [-0.39, 0.29) is 18.8 Å². The zero-order valence-corrected chi connectivity index (χ0v) is 13.4. The molecule has 0 aromatic heterocycles. The highest BCUT2D eigenvalue weighted by molar-refractivity contribution is 5.95. The van der Waals surface area contributed by atoms with E-state index in [4.69, 9.17) is 10.5 Å². The Morgan fingerprint density at radius 2 is 1.96 bits per heavy atom. The van der Waals surface area contributed by atoms with E-state index in [0.717, 1.165) is 17.0 Å². The van der Waals surface area contributed by atoms with Gasteiger partial charge in [0.15, 0.2) is 0 Å². The Morgan fingerprint density at radius 1 is 1.33 bits per heavy atom. The smallest absolute Gasteiger partial charge is 0.383 e. The van der Waals surface area contributed by atoms with E-state index in [1.165, 1.54) is 19.2 Å². The van der Waals surface area contributed by atoms with Gasteiger partial charge in [0.1, 0.15) is 6.04 Å². The highest BCUT2D eigenvalue weighted by Gasteiger charge is 2.33. The molecule has 0 saturated carbocycles. The number of methoxy groups -OCH3 is 1. The number of ether oxygens (including phenoxy) is 1. The molecule has 6 nitrogen and oxygen atoms in total. The van der Waals surface area contributed by atoms with Gasteiger partial charge < -0.3 is 20.7 Å². The number of hydrogen-bond donors (Lipinski definition) is 2. The molecule has 1 unspecified atom stereocenters. The number of amides is 2. The molecule has 0 fully saturated rings. The summed E-state index contributed by atoms with van der Waals surface area (Å²) in [4.78, 5) is 25.2. The van der Waals surface area contributed by atoms with Crippen molar-refractivity contribution in [2.75, 3.05) is 32.1 Å². The first-order valence-corrected chi connectivity index (χ1v) is 7.20. The van der Waals surface area contributed by atoms with Gasteiger partial charge in [0.25, 0.3) is 0 Å². The van der Waals surface area contributed by atoms with E-state index in [9.17, 15) is 22.8 Å². The second-order valence-electron chi connectivity index (χ2n) is 5.01. The lowest BCUT2D eigenvalue weighted by Gasteiger charge is -2.23. The van der Waals surface area contributed by atoms with Crippen LogP contribution in [0.15, 0.2) is 24.3 Å². The summed E-state index contributed by atoms with van der Waals surface area (Å²) >= 11 is 0. The fraction of sp³-hybridized carbons (Fsp3) is 0.467. The highest BCUT2D eigenvalue weighted by atomic mass is 19.4. The molecule has 0 radical (unpaired) electrons. The summed E-state index contributed by atoms with van der Waals surface area (Å²) < 4.78 is 43.5. The molecular formula is C15H20F3N3O3. The summed E-state index contributed by atoms with van der Waals surface area (Å²) in [5, 5.41) is 2.18. The molecule has 1 atom stereocenters. The average Bonchev–Trinajstić information content (AvgIpc) is 2.51. The lowest BCUT2D eigenvalue weighted by atomic mass is 10.1. The summed E-state index contributed by atoms with van der Waals surface area (Å²) in [7, 11) is 1.38. The maximum Gasteiger partial charge on any atom is 0.418 e. The highest BCUT2D eigenvalue weighted by Crippen LogP contribution is 2.34. The molecule has 134 valence electrons. The maximum absolute atomic E-state index is 12.9. The van der Waals surface area contributed by atoms with Crippen LogP contribution in [0.3, 0.4) is 0 Å². The lowest BCUT2D eigenvalue weighted by Crippen LogP contribution is -2.48. The van der Waals surface area contributed by atoms with Gasteiger partial charge in [-0.1, -0.05) is 12.1 Å². The molecule has 0 saturated heterocycles. The largest absolute Gasteiger partial charge is 0.418 e. The van der Waals surface area contributed by atoms with Crippen molar-refractivity contribution in [3.05, 3.63) is 29.8 Å². The van der Waals surface area contributed by atoms with Crippen LogP contribution in [0.1, 0.15) is 12.5 Å². The first-order valence-electron chi connectivity index (χ1n) is 7.20. The number of carbonyl (C=O) groups is 2. The Balaban J connectivity index is 2.80. The molecule has 9 heteroatoms. The van der Waals surface area contributed by atoms with Crippen LogP contribution >= 0.6 is 0 Å². The minimum Gasteiger partial charge on any atom is -0.383 e. The molecule has 1 rings (SSSR count). The van der Waals surface area contributed by atoms with E-state index in [1.54, 1.807) is 6.92 Å². The number of hydrogen-bond acceptors (Lipinski definition) is 4. The van der Waals surface area contributed by atoms with Crippen molar-refractivity contribution < 1.29 is 27.5 Å². The molecule has 3 N–H and O–H groups in total. The van der Waals surface area contributed by atoms with Crippen molar-refractivity contribution in [3.63, 3.8) is 0 Å². The number of likely N-dealkylation sites (N-methyl/N-ethyl adjacent to an activating group) is 1. The van der Waals surface area contributed by atoms with Crippen molar-refractivity contribution in [2.45, 2.75) is 19.1 Å². The number of halogens is 3. The Hall–Kier alpha value is -2.13. The number of nitrogens with zero attached hydrogens (tertiary/aromatic N) is 1. The third-order valence-corrected chi connectivity index (χ3v) is 3.20. The number of carbonyl (C=O) groups excluding carboxylic acids is 2. The van der Waals surface area contributed by atoms with E-state index in [2.05, 4.69) is 5.32 Å². The number of para-hydroxylation sites is 1. The fourth-order valence-corrected chi connectivity index (χ4v) is 2.03. The summed E-state index contributed by atoms with van der Waals surface area (Å²) in [5.41, 5.74) is 4.30. The van der Waals surface area contributed by atoms with Crippen molar-refractivity contribution in [1.82, 2.24) is 4.90 Å². The fourth-order valence-electron chi connectivity index (χ4n) is 2.03. The average molecular weight is 347 g/mol. The van der Waals surface area contributed by atoms with E-state index in [0.29, 0.717) is 0 Å². The molecule has 0 spiro atoms. The van der Waals surface area contributed by atoms with E-state index in [1.807, 2.05) is 0 Å². The van der Waals surface area contributed by atoms with Crippen LogP contribution in [0.2, 0.25) is 0 Å². The summed E-state index contributed by atoms with van der Waals surface area (Å²) in [5.74, 6) is -1.26. The molecule has 0 bridgehead atoms. The summed E-state index contributed by atoms with van der Waals surface area (Å²) in [6.45, 7) is 1.39. The number of nitrogens with one attached hydrogen (secondary N) is 1. The number of benzene rings is 1. The molecule has 0 aliphatic carbocycles. The number of rotatable bonds is 7. The minimum atomic E-state index is -4.59. The Labute approximate surface area is 137 Å². The van der Waals surface area contributed by atoms with Crippen LogP contribution in [-0.4, -0.2) is 49.6 Å². The third kappa shape index (κ3) is 5.50. The monoisotopic (exact) mass is 347 g/mol. The second kappa shape index (κ2) is 8.65. The van der Waals surface area contributed by atoms with Gasteiger partial charge >= 0.3 is 6.18 Å². The molecule has 1 aromatic rings. The van der Waals surface area contributed by atoms with Crippen molar-refractivity contribution in [2.24, 2.45) is 5.73 Å². The van der Waals surface area contributed by atoms with Gasteiger partial charge in [-0.25, -0.2) is 0 Å². The molecule has 0 aliphatic rings. The molecule has 24 heavy (non-hydrogen) atoms. The third-order valence-electron chi connectivity index (χ3n) is 3.20. The standard InChI is InChI=1S/C15H20F3N3O3/c1-3-21(14(23)11(19)9-24-2)8-13(22)20-12-7-5-4-6-10(12)15(16,17)18/h4-7,11H,3,8-9,19H2,1-2H3,(H,20,22). The first kappa shape index (κ1) is 19.9. The molecule has 2 amide bonds. The van der Waals surface area contributed by atoms with Crippen LogP contribution in [0.4, 0.5) is 18.9 Å². The zero-order chi connectivity index (χ0) is 18.3. The summed E-state index contributed by atoms with van der Waals surface area (Å²) in [6.07, 6.45) is -4.59. The van der Waals surface area contributed by atoms with Crippen molar-refractivity contribution in [3.8, 4) is 0 Å². The predicted molar refractivity (Wildman–Crippen MR) is 82.2 cm³/mol. The van der Waals surface area contributed by atoms with Crippen LogP contribution in [0.25, 0.3) is 0 Å². The Morgan fingerprint density at radius 3 is 2.50 bits per heavy atom. The van der Waals surface area contributed by atoms with Crippen LogP contribution in [-0.2, 0) is 20.5 Å². The van der Waals surface area contributed by atoms with Gasteiger partial charge in [0.05, 0.1) is 24.4 Å². The van der Waals surface area contributed by atoms with Crippen LogP contribution in [0, 0.1) is 0 Å². The topological polar surface area (TPSA) is 84.7 Å². The first-order chi connectivity index (χ1) is 11.2. The van der Waals surface area contributed by atoms with E-state index >= 15 is 0 Å². The Kier molecular flexibility index (Phi) is 7.18. The number of nitrogens with two attached hydrogens (primary N) is 1. The normalized spacial score (nSPS) is 12.6. The van der Waals surface area contributed by atoms with Gasteiger partial charge in [0, 0.05) is 13.7 Å². The minimum absolute atomic E-state index is 0.0200. The molecule has 0 heterocycles. The number of anilines is 1. The second-order valence-corrected chi connectivity index (χ2v) is 5.01. The van der Waals surface area contributed by atoms with Gasteiger partial charge in [-0.15, -0.1) is 0 Å². The van der Waals surface area contributed by atoms with Gasteiger partial charge in [-0.05, 0) is 19.1 Å². The van der Waals surface area contributed by atoms with Crippen LogP contribution < -0.4 is 11.1 Å². The van der Waals surface area contributed by atoms with Crippen LogP contribution in [0.5, 0.6) is 0 Å². The Bertz CT molecular complexity index is 579. The molecular weight excluding hydrogens is 327 g/mol. The summed E-state index contributed by atoms with van der Waals surface area (Å²) in [6, 6.07) is 3.68. The zero-order valence-electron chi connectivity index (χ0n) is 13.4. The molecule has 0 aliphatic heterocycles. The van der Waals surface area contributed by atoms with E-state index < -0.39 is 36.1 Å². The van der Waals surface area contributed by atoms with Gasteiger partial charge in [-0.2, -0.15) is 13.2 Å². The maximum atomic E-state index is 12.9. The SMILES string of the molecule is CCN(CC(=O)Nc1ccccc1C(F)(F)F)C(=O)C(N)COC. The lowest BCUT2D eigenvalue weighted by molar-refractivity contribution is -0.138. The predicted octanol–water partition coefficient (Wildman–Crippen LogP) is 1.47. The van der Waals surface area contributed by atoms with Gasteiger partial charge in [0.2, 0.25) is 11.8 Å².